The van der Waals surface area contributed by atoms with Crippen molar-refractivity contribution in [1.82, 2.24) is 4.98 Å². The number of carbonyl (C=O) groups is 1. The SMILES string of the molecule is N=C1SC(=Cc2ccc(-c3ccc(Cl)c([N+](=O)[O-])c3)o2)C(=O)C1c1nccs1. The van der Waals surface area contributed by atoms with E-state index < -0.39 is 10.8 Å². The molecule has 0 amide bonds. The molecule has 2 aromatic heterocycles. The first-order valence-electron chi connectivity index (χ1n) is 7.90. The Hall–Kier alpha value is -2.75. The molecule has 0 radical (unpaired) electrons. The first-order valence-corrected chi connectivity index (χ1v) is 9.97. The highest BCUT2D eigenvalue weighted by Crippen LogP contribution is 2.41. The lowest BCUT2D eigenvalue weighted by atomic mass is 10.1. The van der Waals surface area contributed by atoms with E-state index in [1.54, 1.807) is 35.9 Å². The lowest BCUT2D eigenvalue weighted by Crippen LogP contribution is -2.11. The average molecular weight is 432 g/mol. The van der Waals surface area contributed by atoms with Crippen LogP contribution in [0.5, 0.6) is 0 Å². The molecule has 7 nitrogen and oxygen atoms in total. The van der Waals surface area contributed by atoms with Crippen LogP contribution in [0.15, 0.2) is 51.2 Å². The summed E-state index contributed by atoms with van der Waals surface area (Å²) < 4.78 is 5.72. The topological polar surface area (TPSA) is 110 Å². The van der Waals surface area contributed by atoms with Crippen LogP contribution in [0.1, 0.15) is 16.7 Å². The van der Waals surface area contributed by atoms with Gasteiger partial charge in [0.25, 0.3) is 5.69 Å². The standard InChI is InChI=1S/C18H10ClN3O4S2/c19-11-3-1-9(7-12(11)22(24)25)13-4-2-10(26-13)8-14-16(23)15(17(20)28-14)18-21-5-6-27-18/h1-8,15,20H. The van der Waals surface area contributed by atoms with Crippen molar-refractivity contribution in [3.05, 3.63) is 72.7 Å². The third kappa shape index (κ3) is 3.39. The summed E-state index contributed by atoms with van der Waals surface area (Å²) in [7, 11) is 0. The molecule has 10 heteroatoms. The Balaban J connectivity index is 1.62. The van der Waals surface area contributed by atoms with Crippen LogP contribution < -0.4 is 0 Å². The molecule has 1 aliphatic rings. The van der Waals surface area contributed by atoms with E-state index in [1.165, 1.54) is 23.5 Å². The minimum Gasteiger partial charge on any atom is -0.457 e. The molecule has 3 aromatic rings. The van der Waals surface area contributed by atoms with Crippen molar-refractivity contribution in [1.29, 1.82) is 5.41 Å². The van der Waals surface area contributed by atoms with Crippen LogP contribution in [0.25, 0.3) is 17.4 Å². The summed E-state index contributed by atoms with van der Waals surface area (Å²) >= 11 is 8.26. The maximum Gasteiger partial charge on any atom is 0.288 e. The molecular formula is C18H10ClN3O4S2. The molecule has 3 heterocycles. The quantitative estimate of drug-likeness (QED) is 0.337. The molecule has 28 heavy (non-hydrogen) atoms. The van der Waals surface area contributed by atoms with Gasteiger partial charge in [0.1, 0.15) is 27.5 Å². The Morgan fingerprint density at radius 2 is 2.14 bits per heavy atom. The molecule has 1 aromatic carbocycles. The van der Waals surface area contributed by atoms with Crippen molar-refractivity contribution in [2.24, 2.45) is 0 Å². The van der Waals surface area contributed by atoms with Gasteiger partial charge in [0, 0.05) is 23.2 Å². The predicted octanol–water partition coefficient (Wildman–Crippen LogP) is 5.38. The number of Topliss-reactive ketones (excluding diaryl/α,β-unsaturated/α-hetero) is 1. The number of aromatic nitrogens is 1. The van der Waals surface area contributed by atoms with Crippen molar-refractivity contribution in [3.63, 3.8) is 0 Å². The van der Waals surface area contributed by atoms with Crippen LogP contribution in [-0.4, -0.2) is 20.7 Å². The van der Waals surface area contributed by atoms with Crippen molar-refractivity contribution in [2.45, 2.75) is 5.92 Å². The van der Waals surface area contributed by atoms with E-state index in [-0.39, 0.29) is 21.5 Å². The zero-order chi connectivity index (χ0) is 19.8. The molecule has 1 unspecified atom stereocenters. The van der Waals surface area contributed by atoms with Gasteiger partial charge in [-0.3, -0.25) is 20.3 Å². The number of halogens is 1. The third-order valence-corrected chi connectivity index (χ3v) is 6.17. The van der Waals surface area contributed by atoms with Crippen molar-refractivity contribution in [3.8, 4) is 11.3 Å². The summed E-state index contributed by atoms with van der Waals surface area (Å²) in [6, 6.07) is 7.71. The van der Waals surface area contributed by atoms with E-state index in [2.05, 4.69) is 4.98 Å². The van der Waals surface area contributed by atoms with Crippen LogP contribution in [0.3, 0.4) is 0 Å². The summed E-state index contributed by atoms with van der Waals surface area (Å²) in [6.45, 7) is 0. The number of hydrogen-bond acceptors (Lipinski definition) is 8. The van der Waals surface area contributed by atoms with Gasteiger partial charge in [-0.25, -0.2) is 4.98 Å². The number of thioether (sulfide) groups is 1. The summed E-state index contributed by atoms with van der Waals surface area (Å²) in [5.74, 6) is -0.0284. The maximum absolute atomic E-state index is 12.7. The second kappa shape index (κ2) is 7.34. The summed E-state index contributed by atoms with van der Waals surface area (Å²) in [6.07, 6.45) is 3.18. The number of hydrogen-bond donors (Lipinski definition) is 1. The highest BCUT2D eigenvalue weighted by molar-refractivity contribution is 8.19. The number of nitrogens with zero attached hydrogens (tertiary/aromatic N) is 2. The van der Waals surface area contributed by atoms with Gasteiger partial charge in [0.15, 0.2) is 5.78 Å². The molecule has 1 fully saturated rings. The fraction of sp³-hybridized carbons (Fsp3) is 0.0556. The molecule has 140 valence electrons. The molecule has 1 aliphatic heterocycles. The van der Waals surface area contributed by atoms with Crippen molar-refractivity contribution in [2.75, 3.05) is 0 Å². The van der Waals surface area contributed by atoms with Crippen molar-refractivity contribution >= 4 is 57.3 Å². The highest BCUT2D eigenvalue weighted by Gasteiger charge is 2.38. The number of rotatable bonds is 4. The average Bonchev–Trinajstić information content (AvgIpc) is 3.38. The summed E-state index contributed by atoms with van der Waals surface area (Å²) in [5, 5.41) is 21.8. The second-order valence-electron chi connectivity index (χ2n) is 5.77. The molecule has 4 rings (SSSR count). The number of carbonyl (C=O) groups excluding carboxylic acids is 1. The number of ketones is 1. The number of nitrogens with one attached hydrogen (secondary N) is 1. The fourth-order valence-electron chi connectivity index (χ4n) is 2.71. The summed E-state index contributed by atoms with van der Waals surface area (Å²) in [5.41, 5.74) is 0.288. The number of allylic oxidation sites excluding steroid dienone is 1. The Morgan fingerprint density at radius 3 is 2.86 bits per heavy atom. The Morgan fingerprint density at radius 1 is 1.32 bits per heavy atom. The van der Waals surface area contributed by atoms with Crippen LogP contribution >= 0.6 is 34.7 Å². The van der Waals surface area contributed by atoms with Gasteiger partial charge in [-0.05, 0) is 30.3 Å². The predicted molar refractivity (Wildman–Crippen MR) is 109 cm³/mol. The van der Waals surface area contributed by atoms with Gasteiger partial charge in [-0.15, -0.1) is 11.3 Å². The van der Waals surface area contributed by atoms with Gasteiger partial charge >= 0.3 is 0 Å². The van der Waals surface area contributed by atoms with E-state index in [9.17, 15) is 14.9 Å². The van der Waals surface area contributed by atoms with E-state index in [0.717, 1.165) is 11.8 Å². The normalized spacial score (nSPS) is 18.2. The minimum absolute atomic E-state index is 0.0438. The Labute approximate surface area is 171 Å². The zero-order valence-electron chi connectivity index (χ0n) is 13.9. The van der Waals surface area contributed by atoms with E-state index in [0.29, 0.717) is 27.0 Å². The first-order chi connectivity index (χ1) is 13.4. The van der Waals surface area contributed by atoms with Gasteiger partial charge in [0.05, 0.1) is 14.9 Å². The molecule has 1 atom stereocenters. The van der Waals surface area contributed by atoms with Crippen LogP contribution in [0, 0.1) is 15.5 Å². The number of nitro groups is 1. The summed E-state index contributed by atoms with van der Waals surface area (Å²) in [4.78, 5) is 27.7. The molecule has 0 spiro atoms. The van der Waals surface area contributed by atoms with Crippen molar-refractivity contribution < 1.29 is 14.1 Å². The lowest BCUT2D eigenvalue weighted by molar-refractivity contribution is -0.384. The number of thiazole rings is 1. The van der Waals surface area contributed by atoms with E-state index >= 15 is 0 Å². The molecule has 1 saturated heterocycles. The van der Waals surface area contributed by atoms with E-state index in [4.69, 9.17) is 21.4 Å². The van der Waals surface area contributed by atoms with E-state index in [1.807, 2.05) is 0 Å². The monoisotopic (exact) mass is 431 g/mol. The first kappa shape index (κ1) is 18.6. The third-order valence-electron chi connectivity index (χ3n) is 4.01. The van der Waals surface area contributed by atoms with Crippen LogP contribution in [-0.2, 0) is 4.79 Å². The van der Waals surface area contributed by atoms with Gasteiger partial charge < -0.3 is 4.42 Å². The number of benzene rings is 1. The molecular weight excluding hydrogens is 422 g/mol. The largest absolute Gasteiger partial charge is 0.457 e. The lowest BCUT2D eigenvalue weighted by Gasteiger charge is -2.01. The highest BCUT2D eigenvalue weighted by atomic mass is 35.5. The van der Waals surface area contributed by atoms with Gasteiger partial charge in [-0.2, -0.15) is 0 Å². The second-order valence-corrected chi connectivity index (χ2v) is 8.18. The molecule has 1 N–H and O–H groups in total. The minimum atomic E-state index is -0.662. The molecule has 0 aliphatic carbocycles. The van der Waals surface area contributed by atoms with Gasteiger partial charge in [0.2, 0.25) is 0 Å². The molecule has 0 saturated carbocycles. The number of nitro benzene ring substituents is 1. The van der Waals surface area contributed by atoms with Crippen LogP contribution in [0.4, 0.5) is 5.69 Å². The Bertz CT molecular complexity index is 1140. The smallest absolute Gasteiger partial charge is 0.288 e. The fourth-order valence-corrected chi connectivity index (χ4v) is 4.68. The zero-order valence-corrected chi connectivity index (χ0v) is 16.3. The van der Waals surface area contributed by atoms with Gasteiger partial charge in [-0.1, -0.05) is 23.4 Å². The van der Waals surface area contributed by atoms with Crippen LogP contribution in [0.2, 0.25) is 5.02 Å². The molecule has 0 bridgehead atoms. The maximum atomic E-state index is 12.7. The Kier molecular flexibility index (Phi) is 4.88. The number of furan rings is 1.